The largest absolute Gasteiger partial charge is 0.345 e. The van der Waals surface area contributed by atoms with Gasteiger partial charge in [-0.1, -0.05) is 19.3 Å². The molecule has 7 nitrogen and oxygen atoms in total. The van der Waals surface area contributed by atoms with Gasteiger partial charge in [0.05, 0.1) is 17.6 Å². The summed E-state index contributed by atoms with van der Waals surface area (Å²) < 4.78 is 2.12. The van der Waals surface area contributed by atoms with Gasteiger partial charge in [0.15, 0.2) is 5.82 Å². The van der Waals surface area contributed by atoms with Crippen molar-refractivity contribution in [1.82, 2.24) is 30.0 Å². The quantitative estimate of drug-likeness (QED) is 0.791. The van der Waals surface area contributed by atoms with Gasteiger partial charge in [0.1, 0.15) is 6.33 Å². The van der Waals surface area contributed by atoms with Gasteiger partial charge in [-0.05, 0) is 31.0 Å². The van der Waals surface area contributed by atoms with Crippen LogP contribution in [0.4, 0.5) is 0 Å². The Balaban J connectivity index is 1.45. The Morgan fingerprint density at radius 1 is 1.12 bits per heavy atom. The van der Waals surface area contributed by atoms with Crippen molar-refractivity contribution >= 4 is 16.9 Å². The molecule has 1 saturated carbocycles. The second-order valence-electron chi connectivity index (χ2n) is 6.39. The predicted octanol–water partition coefficient (Wildman–Crippen LogP) is 2.66. The number of carbonyl (C=O) groups excluding carboxylic acids is 1. The van der Waals surface area contributed by atoms with E-state index in [9.17, 15) is 4.79 Å². The summed E-state index contributed by atoms with van der Waals surface area (Å²) in [4.78, 5) is 20.9. The molecule has 0 spiro atoms. The van der Waals surface area contributed by atoms with E-state index in [2.05, 4.69) is 30.0 Å². The Kier molecular flexibility index (Phi) is 4.37. The molecular formula is C18H20N6O. The molecule has 3 aromatic rings. The summed E-state index contributed by atoms with van der Waals surface area (Å²) in [6.07, 6.45) is 11.1. The van der Waals surface area contributed by atoms with Gasteiger partial charge >= 0.3 is 0 Å². The maximum Gasteiger partial charge on any atom is 0.251 e. The third-order valence-corrected chi connectivity index (χ3v) is 4.75. The summed E-state index contributed by atoms with van der Waals surface area (Å²) >= 11 is 0. The minimum Gasteiger partial charge on any atom is -0.345 e. The zero-order chi connectivity index (χ0) is 17.1. The van der Waals surface area contributed by atoms with Gasteiger partial charge in [-0.15, -0.1) is 10.2 Å². The summed E-state index contributed by atoms with van der Waals surface area (Å²) in [6.45, 7) is 0.369. The number of hydrogen-bond donors (Lipinski definition) is 1. The standard InChI is InChI=1S/C18H20N6O/c25-18(13-6-7-15-16(10-13)20-9-8-19-15)21-11-17-23-22-12-24(17)14-4-2-1-3-5-14/h6-10,12,14H,1-5,11H2,(H,21,25). The van der Waals surface area contributed by atoms with E-state index < -0.39 is 0 Å². The Labute approximate surface area is 145 Å². The molecule has 7 heteroatoms. The van der Waals surface area contributed by atoms with Gasteiger partial charge in [-0.25, -0.2) is 0 Å². The predicted molar refractivity (Wildman–Crippen MR) is 92.9 cm³/mol. The molecule has 1 aliphatic rings. The van der Waals surface area contributed by atoms with Gasteiger partial charge in [0.2, 0.25) is 0 Å². The molecule has 0 saturated heterocycles. The Hall–Kier alpha value is -2.83. The summed E-state index contributed by atoms with van der Waals surface area (Å²) in [7, 11) is 0. The highest BCUT2D eigenvalue weighted by Gasteiger charge is 2.19. The lowest BCUT2D eigenvalue weighted by atomic mass is 9.95. The van der Waals surface area contributed by atoms with Crippen LogP contribution < -0.4 is 5.32 Å². The first-order chi connectivity index (χ1) is 12.3. The van der Waals surface area contributed by atoms with Crippen molar-refractivity contribution in [3.8, 4) is 0 Å². The first kappa shape index (κ1) is 15.7. The van der Waals surface area contributed by atoms with Crippen molar-refractivity contribution in [3.63, 3.8) is 0 Å². The van der Waals surface area contributed by atoms with E-state index in [1.807, 2.05) is 6.07 Å². The number of nitrogens with zero attached hydrogens (tertiary/aromatic N) is 5. The van der Waals surface area contributed by atoms with Crippen LogP contribution in [0.25, 0.3) is 11.0 Å². The third kappa shape index (κ3) is 3.35. The van der Waals surface area contributed by atoms with Crippen molar-refractivity contribution in [1.29, 1.82) is 0 Å². The molecule has 1 amide bonds. The maximum absolute atomic E-state index is 12.5. The van der Waals surface area contributed by atoms with E-state index in [0.29, 0.717) is 23.7 Å². The zero-order valence-electron chi connectivity index (χ0n) is 13.9. The van der Waals surface area contributed by atoms with Crippen molar-refractivity contribution in [3.05, 3.63) is 48.3 Å². The number of fused-ring (bicyclic) bond motifs is 1. The molecule has 4 rings (SSSR count). The maximum atomic E-state index is 12.5. The summed E-state index contributed by atoms with van der Waals surface area (Å²) in [5, 5.41) is 11.2. The summed E-state index contributed by atoms with van der Waals surface area (Å²) in [5.41, 5.74) is 2.05. The van der Waals surface area contributed by atoms with Crippen LogP contribution in [-0.4, -0.2) is 30.6 Å². The van der Waals surface area contributed by atoms with Crippen LogP contribution in [-0.2, 0) is 6.54 Å². The van der Waals surface area contributed by atoms with Crippen LogP contribution in [0.2, 0.25) is 0 Å². The second kappa shape index (κ2) is 6.96. The molecule has 25 heavy (non-hydrogen) atoms. The van der Waals surface area contributed by atoms with Gasteiger partial charge < -0.3 is 9.88 Å². The Morgan fingerprint density at radius 2 is 1.92 bits per heavy atom. The summed E-state index contributed by atoms with van der Waals surface area (Å²) in [6, 6.07) is 5.77. The van der Waals surface area contributed by atoms with E-state index >= 15 is 0 Å². The van der Waals surface area contributed by atoms with Crippen LogP contribution in [0.1, 0.15) is 54.3 Å². The number of carbonyl (C=O) groups is 1. The van der Waals surface area contributed by atoms with Gasteiger partial charge in [0.25, 0.3) is 5.91 Å². The minimum absolute atomic E-state index is 0.147. The monoisotopic (exact) mass is 336 g/mol. The van der Waals surface area contributed by atoms with Crippen molar-refractivity contribution in [2.24, 2.45) is 0 Å². The minimum atomic E-state index is -0.147. The van der Waals surface area contributed by atoms with Crippen LogP contribution in [0.3, 0.4) is 0 Å². The van der Waals surface area contributed by atoms with Gasteiger partial charge in [0, 0.05) is 24.0 Å². The highest BCUT2D eigenvalue weighted by Crippen LogP contribution is 2.28. The van der Waals surface area contributed by atoms with Crippen molar-refractivity contribution in [2.75, 3.05) is 0 Å². The molecule has 1 fully saturated rings. The second-order valence-corrected chi connectivity index (χ2v) is 6.39. The Bertz CT molecular complexity index is 884. The highest BCUT2D eigenvalue weighted by molar-refractivity contribution is 5.97. The molecule has 0 bridgehead atoms. The topological polar surface area (TPSA) is 85.6 Å². The molecule has 0 atom stereocenters. The molecule has 1 aromatic carbocycles. The average molecular weight is 336 g/mol. The first-order valence-electron chi connectivity index (χ1n) is 8.68. The number of nitrogens with one attached hydrogen (secondary N) is 1. The molecule has 128 valence electrons. The van der Waals surface area contributed by atoms with Crippen molar-refractivity contribution < 1.29 is 4.79 Å². The SMILES string of the molecule is O=C(NCc1nncn1C1CCCCC1)c1ccc2nccnc2c1. The van der Waals surface area contributed by atoms with E-state index in [-0.39, 0.29) is 5.91 Å². The van der Waals surface area contributed by atoms with Crippen molar-refractivity contribution in [2.45, 2.75) is 44.7 Å². The van der Waals surface area contributed by atoms with E-state index in [0.717, 1.165) is 24.2 Å². The fourth-order valence-electron chi connectivity index (χ4n) is 3.42. The molecule has 1 N–H and O–H groups in total. The van der Waals surface area contributed by atoms with Crippen LogP contribution in [0, 0.1) is 0 Å². The zero-order valence-corrected chi connectivity index (χ0v) is 13.9. The van der Waals surface area contributed by atoms with E-state index in [4.69, 9.17) is 0 Å². The molecule has 0 aliphatic heterocycles. The van der Waals surface area contributed by atoms with Crippen LogP contribution in [0.15, 0.2) is 36.9 Å². The highest BCUT2D eigenvalue weighted by atomic mass is 16.1. The fourth-order valence-corrected chi connectivity index (χ4v) is 3.42. The lowest BCUT2D eigenvalue weighted by molar-refractivity contribution is 0.0949. The summed E-state index contributed by atoms with van der Waals surface area (Å²) in [5.74, 6) is 0.659. The molecule has 2 heterocycles. The smallest absolute Gasteiger partial charge is 0.251 e. The van der Waals surface area contributed by atoms with Crippen LogP contribution >= 0.6 is 0 Å². The normalized spacial score (nSPS) is 15.4. The van der Waals surface area contributed by atoms with Gasteiger partial charge in [-0.3, -0.25) is 14.8 Å². The Morgan fingerprint density at radius 3 is 2.76 bits per heavy atom. The van der Waals surface area contributed by atoms with Crippen LogP contribution in [0.5, 0.6) is 0 Å². The third-order valence-electron chi connectivity index (χ3n) is 4.75. The lowest BCUT2D eigenvalue weighted by Gasteiger charge is -2.24. The number of hydrogen-bond acceptors (Lipinski definition) is 5. The number of aromatic nitrogens is 5. The number of benzene rings is 1. The lowest BCUT2D eigenvalue weighted by Crippen LogP contribution is -2.26. The van der Waals surface area contributed by atoms with Gasteiger partial charge in [-0.2, -0.15) is 0 Å². The molecule has 0 unspecified atom stereocenters. The molecular weight excluding hydrogens is 316 g/mol. The van der Waals surface area contributed by atoms with E-state index in [1.54, 1.807) is 30.9 Å². The molecule has 0 radical (unpaired) electrons. The molecule has 2 aromatic heterocycles. The fraction of sp³-hybridized carbons (Fsp3) is 0.389. The number of amides is 1. The number of rotatable bonds is 4. The molecule has 1 aliphatic carbocycles. The van der Waals surface area contributed by atoms with E-state index in [1.165, 1.54) is 19.3 Å². The first-order valence-corrected chi connectivity index (χ1v) is 8.68. The average Bonchev–Trinajstić information content (AvgIpc) is 3.15.